The quantitative estimate of drug-likeness (QED) is 0.858. The Labute approximate surface area is 115 Å². The van der Waals surface area contributed by atoms with E-state index in [0.717, 1.165) is 18.5 Å². The van der Waals surface area contributed by atoms with E-state index >= 15 is 0 Å². The molecule has 19 heavy (non-hydrogen) atoms. The fourth-order valence-electron chi connectivity index (χ4n) is 2.24. The number of anilines is 1. The molecular formula is C17H23NO. The molecule has 2 nitrogen and oxygen atoms in total. The van der Waals surface area contributed by atoms with Gasteiger partial charge in [0, 0.05) is 12.2 Å². The molecule has 1 aliphatic carbocycles. The molecule has 2 rings (SSSR count). The Kier molecular flexibility index (Phi) is 4.43. The molecule has 1 aromatic rings. The average molecular weight is 257 g/mol. The lowest BCUT2D eigenvalue weighted by atomic mass is 9.86. The summed E-state index contributed by atoms with van der Waals surface area (Å²) in [6, 6.07) is 8.40. The zero-order chi connectivity index (χ0) is 13.7. The molecule has 102 valence electrons. The van der Waals surface area contributed by atoms with Gasteiger partial charge in [0.05, 0.1) is 6.61 Å². The minimum Gasteiger partial charge on any atom is -0.395 e. The van der Waals surface area contributed by atoms with E-state index in [2.05, 4.69) is 61.7 Å². The van der Waals surface area contributed by atoms with Crippen LogP contribution in [0.15, 0.2) is 42.5 Å². The molecule has 0 spiro atoms. The van der Waals surface area contributed by atoms with Crippen molar-refractivity contribution in [3.8, 4) is 0 Å². The van der Waals surface area contributed by atoms with Crippen LogP contribution in [0.25, 0.3) is 5.57 Å². The number of nitrogens with one attached hydrogen (secondary N) is 1. The summed E-state index contributed by atoms with van der Waals surface area (Å²) in [6.45, 7) is 5.36. The predicted molar refractivity (Wildman–Crippen MR) is 82.1 cm³/mol. The normalized spacial score (nSPS) is 17.7. The summed E-state index contributed by atoms with van der Waals surface area (Å²) in [4.78, 5) is 0. The van der Waals surface area contributed by atoms with E-state index in [1.165, 1.54) is 11.1 Å². The molecule has 0 atom stereocenters. The van der Waals surface area contributed by atoms with E-state index < -0.39 is 0 Å². The molecule has 0 fully saturated rings. The molecule has 2 heteroatoms. The maximum atomic E-state index is 8.79. The topological polar surface area (TPSA) is 32.3 Å². The van der Waals surface area contributed by atoms with E-state index in [9.17, 15) is 0 Å². The van der Waals surface area contributed by atoms with Gasteiger partial charge in [-0.25, -0.2) is 0 Å². The van der Waals surface area contributed by atoms with Crippen molar-refractivity contribution in [2.24, 2.45) is 5.41 Å². The molecule has 1 aromatic carbocycles. The van der Waals surface area contributed by atoms with Crippen molar-refractivity contribution < 1.29 is 5.11 Å². The Bertz CT molecular complexity index is 469. The minimum absolute atomic E-state index is 0.157. The van der Waals surface area contributed by atoms with E-state index in [1.54, 1.807) is 0 Å². The highest BCUT2D eigenvalue weighted by molar-refractivity contribution is 5.75. The Morgan fingerprint density at radius 2 is 1.89 bits per heavy atom. The first-order chi connectivity index (χ1) is 9.11. The van der Waals surface area contributed by atoms with Crippen LogP contribution in [0.3, 0.4) is 0 Å². The second-order valence-electron chi connectivity index (χ2n) is 5.86. The van der Waals surface area contributed by atoms with Crippen LogP contribution in [0.4, 0.5) is 5.69 Å². The smallest absolute Gasteiger partial charge is 0.0604 e. The molecule has 0 amide bonds. The van der Waals surface area contributed by atoms with Gasteiger partial charge in [-0.15, -0.1) is 0 Å². The highest BCUT2D eigenvalue weighted by Crippen LogP contribution is 2.32. The van der Waals surface area contributed by atoms with Crippen molar-refractivity contribution in [3.05, 3.63) is 48.1 Å². The fraction of sp³-hybridized carbons (Fsp3) is 0.412. The van der Waals surface area contributed by atoms with Crippen LogP contribution in [0.2, 0.25) is 0 Å². The third kappa shape index (κ3) is 3.97. The Morgan fingerprint density at radius 1 is 1.16 bits per heavy atom. The van der Waals surface area contributed by atoms with Gasteiger partial charge in [-0.2, -0.15) is 0 Å². The molecular weight excluding hydrogens is 234 g/mol. The van der Waals surface area contributed by atoms with Crippen molar-refractivity contribution in [1.29, 1.82) is 0 Å². The molecule has 0 aromatic heterocycles. The highest BCUT2D eigenvalue weighted by Gasteiger charge is 2.16. The lowest BCUT2D eigenvalue weighted by molar-refractivity contribution is 0.311. The molecule has 0 radical (unpaired) electrons. The van der Waals surface area contributed by atoms with Gasteiger partial charge >= 0.3 is 0 Å². The average Bonchev–Trinajstić information content (AvgIpc) is 2.58. The maximum absolute atomic E-state index is 8.79. The van der Waals surface area contributed by atoms with Crippen LogP contribution in [0.1, 0.15) is 32.3 Å². The van der Waals surface area contributed by atoms with Gasteiger partial charge in [-0.05, 0) is 41.5 Å². The Balaban J connectivity index is 2.11. The third-order valence-electron chi connectivity index (χ3n) is 3.50. The number of hydrogen-bond acceptors (Lipinski definition) is 2. The van der Waals surface area contributed by atoms with Crippen molar-refractivity contribution in [2.45, 2.75) is 26.7 Å². The van der Waals surface area contributed by atoms with Crippen LogP contribution in [-0.4, -0.2) is 18.3 Å². The minimum atomic E-state index is 0.157. The Morgan fingerprint density at radius 3 is 2.58 bits per heavy atom. The van der Waals surface area contributed by atoms with E-state index in [-0.39, 0.29) is 6.61 Å². The third-order valence-corrected chi connectivity index (χ3v) is 3.50. The molecule has 1 aliphatic rings. The number of aliphatic hydroxyl groups excluding tert-OH is 1. The first-order valence-corrected chi connectivity index (χ1v) is 6.93. The second kappa shape index (κ2) is 6.07. The number of hydrogen-bond donors (Lipinski definition) is 2. The summed E-state index contributed by atoms with van der Waals surface area (Å²) < 4.78 is 0. The summed E-state index contributed by atoms with van der Waals surface area (Å²) in [5.74, 6) is 0. The van der Waals surface area contributed by atoms with E-state index in [0.29, 0.717) is 12.0 Å². The molecule has 0 heterocycles. The summed E-state index contributed by atoms with van der Waals surface area (Å²) in [7, 11) is 0. The molecule has 0 unspecified atom stereocenters. The van der Waals surface area contributed by atoms with E-state index in [4.69, 9.17) is 5.11 Å². The highest BCUT2D eigenvalue weighted by atomic mass is 16.3. The molecule has 0 saturated heterocycles. The number of aliphatic hydroxyl groups is 1. The first-order valence-electron chi connectivity index (χ1n) is 6.93. The van der Waals surface area contributed by atoms with Gasteiger partial charge in [-0.1, -0.05) is 44.2 Å². The molecule has 2 N–H and O–H groups in total. The maximum Gasteiger partial charge on any atom is 0.0604 e. The second-order valence-corrected chi connectivity index (χ2v) is 5.86. The zero-order valence-electron chi connectivity index (χ0n) is 11.8. The monoisotopic (exact) mass is 257 g/mol. The Hall–Kier alpha value is -1.54. The van der Waals surface area contributed by atoms with Gasteiger partial charge in [0.2, 0.25) is 0 Å². The first kappa shape index (κ1) is 13.9. The summed E-state index contributed by atoms with van der Waals surface area (Å²) in [5.41, 5.74) is 3.97. The fourth-order valence-corrected chi connectivity index (χ4v) is 2.24. The van der Waals surface area contributed by atoms with Crippen LogP contribution in [0.5, 0.6) is 0 Å². The number of allylic oxidation sites excluding steroid dienone is 4. The van der Waals surface area contributed by atoms with E-state index in [1.807, 2.05) is 0 Å². The van der Waals surface area contributed by atoms with Crippen molar-refractivity contribution >= 4 is 11.3 Å². The molecule has 0 aliphatic heterocycles. The van der Waals surface area contributed by atoms with Crippen molar-refractivity contribution in [2.75, 3.05) is 18.5 Å². The largest absolute Gasteiger partial charge is 0.395 e. The lowest BCUT2D eigenvalue weighted by Crippen LogP contribution is -2.07. The van der Waals surface area contributed by atoms with Crippen LogP contribution in [-0.2, 0) is 0 Å². The van der Waals surface area contributed by atoms with Crippen molar-refractivity contribution in [3.63, 3.8) is 0 Å². The van der Waals surface area contributed by atoms with Gasteiger partial charge < -0.3 is 10.4 Å². The van der Waals surface area contributed by atoms with Crippen molar-refractivity contribution in [1.82, 2.24) is 0 Å². The lowest BCUT2D eigenvalue weighted by Gasteiger charge is -2.19. The van der Waals surface area contributed by atoms with Gasteiger partial charge in [-0.3, -0.25) is 0 Å². The van der Waals surface area contributed by atoms with Crippen LogP contribution >= 0.6 is 0 Å². The van der Waals surface area contributed by atoms with Crippen LogP contribution < -0.4 is 5.32 Å². The molecule has 0 bridgehead atoms. The number of benzene rings is 1. The van der Waals surface area contributed by atoms with Gasteiger partial charge in [0.25, 0.3) is 0 Å². The summed E-state index contributed by atoms with van der Waals surface area (Å²) >= 11 is 0. The SMILES string of the molecule is CC1(C)CC=CC(c2ccc(NCCO)cc2)=CC1. The standard InChI is InChI=1S/C17H23NO/c1-17(2)10-3-4-14(9-11-17)15-5-7-16(8-6-15)18-12-13-19/h3-9,18-19H,10-13H2,1-2H3. The summed E-state index contributed by atoms with van der Waals surface area (Å²) in [5, 5.41) is 11.9. The molecule has 0 saturated carbocycles. The van der Waals surface area contributed by atoms with Gasteiger partial charge in [0.1, 0.15) is 0 Å². The number of rotatable bonds is 4. The summed E-state index contributed by atoms with van der Waals surface area (Å²) in [6.07, 6.45) is 9.07. The predicted octanol–water partition coefficient (Wildman–Crippen LogP) is 3.85. The van der Waals surface area contributed by atoms with Gasteiger partial charge in [0.15, 0.2) is 0 Å². The zero-order valence-corrected chi connectivity index (χ0v) is 11.8. The van der Waals surface area contributed by atoms with Crippen LogP contribution in [0, 0.1) is 5.41 Å².